The Morgan fingerprint density at radius 3 is 2.00 bits per heavy atom. The standard InChI is InChI=1S/C5H12F4O3P2Si/c1-3-13(10,5-15(11)4-2)12-14(6,7,8)9/h3-5H2,1-2H3. The van der Waals surface area contributed by atoms with Crippen LogP contribution < -0.4 is 0 Å². The third-order valence-electron chi connectivity index (χ3n) is 1.57. The summed E-state index contributed by atoms with van der Waals surface area (Å²) < 4.78 is 73.5. The maximum atomic E-state index is 12.0. The van der Waals surface area contributed by atoms with E-state index in [9.17, 15) is 25.8 Å². The van der Waals surface area contributed by atoms with Crippen molar-refractivity contribution in [2.45, 2.75) is 19.9 Å². The van der Waals surface area contributed by atoms with Crippen LogP contribution in [0.4, 0.5) is 16.8 Å². The van der Waals surface area contributed by atoms with Gasteiger partial charge in [0.2, 0.25) is 0 Å². The fourth-order valence-corrected chi connectivity index (χ4v) is 7.75. The summed E-state index contributed by atoms with van der Waals surface area (Å²) >= 11 is 0. The second-order valence-corrected chi connectivity index (χ2v) is 10.2. The molecule has 0 fully saturated rings. The zero-order valence-electron chi connectivity index (χ0n) is 8.25. The summed E-state index contributed by atoms with van der Waals surface area (Å²) in [6.45, 7) is 2.69. The van der Waals surface area contributed by atoms with Gasteiger partial charge in [-0.25, -0.2) is 0 Å². The number of hydrogen-bond acceptors (Lipinski definition) is 3. The molecule has 0 aliphatic heterocycles. The SMILES string of the molecule is CC[Si](=O)CP(=O)(CC)OP(F)(F)(F)F. The molecular formula is C5H12F4O3P2Si. The molecule has 0 aromatic rings. The summed E-state index contributed by atoms with van der Waals surface area (Å²) in [6.07, 6.45) is -0.469. The minimum absolute atomic E-state index is 0.130. The van der Waals surface area contributed by atoms with E-state index in [1.165, 1.54) is 13.8 Å². The second kappa shape index (κ2) is 4.70. The maximum absolute atomic E-state index is 12.0. The fourth-order valence-electron chi connectivity index (χ4n) is 0.804. The van der Waals surface area contributed by atoms with Gasteiger partial charge in [0.1, 0.15) is 0 Å². The average Bonchev–Trinajstić information content (AvgIpc) is 1.99. The van der Waals surface area contributed by atoms with E-state index >= 15 is 0 Å². The van der Waals surface area contributed by atoms with E-state index in [0.29, 0.717) is 0 Å². The van der Waals surface area contributed by atoms with Gasteiger partial charge in [-0.05, 0) is 0 Å². The van der Waals surface area contributed by atoms with E-state index < -0.39 is 36.1 Å². The molecule has 0 bridgehead atoms. The molecule has 0 amide bonds. The van der Waals surface area contributed by atoms with Gasteiger partial charge in [0, 0.05) is 0 Å². The molecular weight excluding hydrogens is 274 g/mol. The first-order valence-electron chi connectivity index (χ1n) is 4.18. The molecule has 0 aromatic heterocycles. The Hall–Kier alpha value is 0.357. The van der Waals surface area contributed by atoms with Crippen LogP contribution in [0.1, 0.15) is 13.8 Å². The molecule has 92 valence electrons. The molecule has 0 spiro atoms. The third kappa shape index (κ3) is 7.28. The van der Waals surface area contributed by atoms with Crippen molar-refractivity contribution >= 4 is 24.1 Å². The fraction of sp³-hybridized carbons (Fsp3) is 1.00. The third-order valence-corrected chi connectivity index (χ3v) is 8.83. The molecule has 10 heteroatoms. The van der Waals surface area contributed by atoms with Gasteiger partial charge in [-0.1, -0.05) is 0 Å². The van der Waals surface area contributed by atoms with E-state index in [0.717, 1.165) is 0 Å². The van der Waals surface area contributed by atoms with Gasteiger partial charge in [-0.15, -0.1) is 0 Å². The molecule has 0 aliphatic rings. The Labute approximate surface area is 86.8 Å². The first kappa shape index (κ1) is 15.4. The van der Waals surface area contributed by atoms with Crippen molar-refractivity contribution in [2.75, 3.05) is 11.9 Å². The van der Waals surface area contributed by atoms with Crippen molar-refractivity contribution in [3.05, 3.63) is 0 Å². The van der Waals surface area contributed by atoms with Crippen molar-refractivity contribution in [1.82, 2.24) is 0 Å². The van der Waals surface area contributed by atoms with Crippen LogP contribution in [-0.4, -0.2) is 20.6 Å². The average molecular weight is 286 g/mol. The summed E-state index contributed by atoms with van der Waals surface area (Å²) in [5, 5.41) is 0. The predicted molar refractivity (Wildman–Crippen MR) is 52.4 cm³/mol. The Morgan fingerprint density at radius 2 is 1.73 bits per heavy atom. The van der Waals surface area contributed by atoms with Crippen molar-refractivity contribution in [2.24, 2.45) is 0 Å². The molecule has 0 N–H and O–H groups in total. The van der Waals surface area contributed by atoms with Gasteiger partial charge in [-0.2, -0.15) is 0 Å². The van der Waals surface area contributed by atoms with Crippen LogP contribution in [0.5, 0.6) is 0 Å². The molecule has 0 saturated heterocycles. The molecule has 1 unspecified atom stereocenters. The summed E-state index contributed by atoms with van der Waals surface area (Å²) in [6, 6.07) is 0.130. The molecule has 0 saturated carbocycles. The zero-order valence-corrected chi connectivity index (χ0v) is 11.0. The molecule has 0 rings (SSSR count). The van der Waals surface area contributed by atoms with Gasteiger partial charge in [-0.3, -0.25) is 0 Å². The van der Waals surface area contributed by atoms with Gasteiger partial charge >= 0.3 is 86.1 Å². The molecule has 0 heterocycles. The van der Waals surface area contributed by atoms with Crippen LogP contribution in [0.3, 0.4) is 0 Å². The van der Waals surface area contributed by atoms with Crippen LogP contribution in [-0.2, 0) is 13.3 Å². The first-order chi connectivity index (χ1) is 6.47. The summed E-state index contributed by atoms with van der Waals surface area (Å²) in [5.74, 6) is -0.676. The Morgan fingerprint density at radius 1 is 1.27 bits per heavy atom. The van der Waals surface area contributed by atoms with Gasteiger partial charge < -0.3 is 0 Å². The number of rotatable bonds is 6. The second-order valence-electron chi connectivity index (χ2n) is 2.92. The van der Waals surface area contributed by atoms with Gasteiger partial charge in [0.25, 0.3) is 0 Å². The molecule has 15 heavy (non-hydrogen) atoms. The number of hydrogen-bond donors (Lipinski definition) is 0. The van der Waals surface area contributed by atoms with Gasteiger partial charge in [0.05, 0.1) is 0 Å². The Bertz CT molecular complexity index is 293. The van der Waals surface area contributed by atoms with Gasteiger partial charge in [0.15, 0.2) is 0 Å². The van der Waals surface area contributed by atoms with Crippen LogP contribution in [0.25, 0.3) is 0 Å². The van der Waals surface area contributed by atoms with Crippen LogP contribution >= 0.6 is 15.4 Å². The molecule has 0 aliphatic carbocycles. The molecule has 0 radical (unpaired) electrons. The Balaban J connectivity index is 4.75. The van der Waals surface area contributed by atoms with E-state index in [1.807, 2.05) is 0 Å². The van der Waals surface area contributed by atoms with Crippen LogP contribution in [0.2, 0.25) is 6.04 Å². The minimum atomic E-state index is -8.24. The monoisotopic (exact) mass is 286 g/mol. The molecule has 1 atom stereocenters. The van der Waals surface area contributed by atoms with Crippen LogP contribution in [0.15, 0.2) is 0 Å². The molecule has 0 aromatic carbocycles. The van der Waals surface area contributed by atoms with E-state index in [4.69, 9.17) is 0 Å². The van der Waals surface area contributed by atoms with E-state index in [1.54, 1.807) is 0 Å². The summed E-state index contributed by atoms with van der Waals surface area (Å²) in [4.78, 5) is 0. The van der Waals surface area contributed by atoms with E-state index in [-0.39, 0.29) is 6.04 Å². The Kier molecular flexibility index (Phi) is 4.81. The van der Waals surface area contributed by atoms with Crippen molar-refractivity contribution in [3.63, 3.8) is 0 Å². The topological polar surface area (TPSA) is 43.4 Å². The zero-order chi connectivity index (χ0) is 12.4. The number of halogens is 4. The van der Waals surface area contributed by atoms with Crippen molar-refractivity contribution < 1.29 is 30.1 Å². The van der Waals surface area contributed by atoms with Crippen LogP contribution in [0, 0.1) is 0 Å². The van der Waals surface area contributed by atoms with Crippen molar-refractivity contribution in [3.8, 4) is 0 Å². The van der Waals surface area contributed by atoms with E-state index in [2.05, 4.69) is 4.31 Å². The predicted octanol–water partition coefficient (Wildman–Crippen LogP) is 4.29. The summed E-state index contributed by atoms with van der Waals surface area (Å²) in [7, 11) is -14.8. The normalized spacial score (nSPS) is 18.9. The molecule has 3 nitrogen and oxygen atoms in total. The summed E-state index contributed by atoms with van der Waals surface area (Å²) in [5.41, 5.74) is 0. The first-order valence-corrected chi connectivity index (χ1v) is 9.72. The quantitative estimate of drug-likeness (QED) is 0.415. The van der Waals surface area contributed by atoms with Crippen molar-refractivity contribution in [1.29, 1.82) is 0 Å².